The highest BCUT2D eigenvalue weighted by Crippen LogP contribution is 2.32. The molecule has 0 amide bonds. The molecule has 0 bridgehead atoms. The van der Waals surface area contributed by atoms with E-state index in [0.29, 0.717) is 0 Å². The third-order valence-corrected chi connectivity index (χ3v) is 3.51. The van der Waals surface area contributed by atoms with Crippen LogP contribution in [0.3, 0.4) is 0 Å². The second-order valence-electron chi connectivity index (χ2n) is 4.36. The highest BCUT2D eigenvalue weighted by Gasteiger charge is 2.28. The molecular formula is C14H18ClF3. The van der Waals surface area contributed by atoms with Crippen LogP contribution in [0.2, 0.25) is 0 Å². The highest BCUT2D eigenvalue weighted by atomic mass is 35.5. The topological polar surface area (TPSA) is 0 Å². The Kier molecular flexibility index (Phi) is 5.51. The van der Waals surface area contributed by atoms with Gasteiger partial charge in [0.15, 0.2) is 0 Å². The number of alkyl halides is 4. The largest absolute Gasteiger partial charge is 0.389 e. The highest BCUT2D eigenvalue weighted by molar-refractivity contribution is 6.20. The van der Waals surface area contributed by atoms with E-state index in [1.54, 1.807) is 0 Å². The van der Waals surface area contributed by atoms with E-state index in [4.69, 9.17) is 11.6 Å². The summed E-state index contributed by atoms with van der Waals surface area (Å²) in [7, 11) is 0. The van der Waals surface area contributed by atoms with Crippen LogP contribution in [-0.4, -0.2) is 6.18 Å². The predicted octanol–water partition coefficient (Wildman–Crippen LogP) is 5.43. The number of benzene rings is 1. The summed E-state index contributed by atoms with van der Waals surface area (Å²) in [5.74, 6) is 0. The van der Waals surface area contributed by atoms with Gasteiger partial charge in [-0.25, -0.2) is 0 Å². The Morgan fingerprint density at radius 2 is 1.72 bits per heavy atom. The predicted molar refractivity (Wildman–Crippen MR) is 69.1 cm³/mol. The van der Waals surface area contributed by atoms with Crippen LogP contribution in [0.5, 0.6) is 0 Å². The Hall–Kier alpha value is -0.700. The average Bonchev–Trinajstić information content (AvgIpc) is 2.34. The molecule has 0 heterocycles. The molecule has 1 rings (SSSR count). The Bertz CT molecular complexity index is 385. The van der Waals surface area contributed by atoms with Gasteiger partial charge in [-0.2, -0.15) is 13.2 Å². The van der Waals surface area contributed by atoms with Gasteiger partial charge >= 0.3 is 6.18 Å². The molecule has 0 nitrogen and oxygen atoms in total. The van der Waals surface area contributed by atoms with Gasteiger partial charge < -0.3 is 0 Å². The van der Waals surface area contributed by atoms with E-state index in [2.05, 4.69) is 6.92 Å². The molecule has 0 saturated heterocycles. The maximum Gasteiger partial charge on any atom is 0.389 e. The van der Waals surface area contributed by atoms with Crippen molar-refractivity contribution in [2.45, 2.75) is 51.1 Å². The molecule has 0 N–H and O–H groups in total. The Balaban J connectivity index is 2.77. The molecule has 0 aromatic heterocycles. The molecule has 0 radical (unpaired) electrons. The summed E-state index contributed by atoms with van der Waals surface area (Å²) in [5, 5.41) is -0.567. The van der Waals surface area contributed by atoms with Gasteiger partial charge in [0.25, 0.3) is 0 Å². The quantitative estimate of drug-likeness (QED) is 0.630. The molecule has 1 atom stereocenters. The molecule has 1 aromatic rings. The summed E-state index contributed by atoms with van der Waals surface area (Å²) < 4.78 is 36.4. The zero-order valence-electron chi connectivity index (χ0n) is 10.6. The van der Waals surface area contributed by atoms with Gasteiger partial charge in [-0.05, 0) is 36.0 Å². The van der Waals surface area contributed by atoms with Crippen molar-refractivity contribution in [3.8, 4) is 0 Å². The molecule has 0 aliphatic heterocycles. The smallest absolute Gasteiger partial charge is 0.171 e. The molecule has 0 saturated carbocycles. The van der Waals surface area contributed by atoms with Gasteiger partial charge in [0.05, 0.1) is 5.38 Å². The molecule has 4 heteroatoms. The second-order valence-corrected chi connectivity index (χ2v) is 4.88. The van der Waals surface area contributed by atoms with Crippen LogP contribution in [0.25, 0.3) is 0 Å². The molecule has 18 heavy (non-hydrogen) atoms. The fourth-order valence-corrected chi connectivity index (χ4v) is 2.22. The van der Waals surface area contributed by atoms with E-state index in [9.17, 15) is 13.2 Å². The molecule has 1 aromatic carbocycles. The number of hydrogen-bond acceptors (Lipinski definition) is 0. The van der Waals surface area contributed by atoms with Crippen LogP contribution in [0.15, 0.2) is 18.2 Å². The van der Waals surface area contributed by atoms with E-state index in [1.807, 2.05) is 25.1 Å². The van der Waals surface area contributed by atoms with E-state index in [-0.39, 0.29) is 6.42 Å². The summed E-state index contributed by atoms with van der Waals surface area (Å²) >= 11 is 6.04. The SMILES string of the molecule is CCc1ccc(C(Cl)CCC(F)(F)F)cc1CC. The zero-order valence-corrected chi connectivity index (χ0v) is 11.4. The maximum absolute atomic E-state index is 12.1. The van der Waals surface area contributed by atoms with Gasteiger partial charge in [-0.3, -0.25) is 0 Å². The van der Waals surface area contributed by atoms with Gasteiger partial charge in [0.1, 0.15) is 0 Å². The lowest BCUT2D eigenvalue weighted by molar-refractivity contribution is -0.135. The van der Waals surface area contributed by atoms with Gasteiger partial charge in [0.2, 0.25) is 0 Å². The normalized spacial score (nSPS) is 13.7. The fraction of sp³-hybridized carbons (Fsp3) is 0.571. The first-order valence-electron chi connectivity index (χ1n) is 6.19. The van der Waals surface area contributed by atoms with Gasteiger partial charge in [-0.15, -0.1) is 11.6 Å². The molecule has 0 fully saturated rings. The summed E-state index contributed by atoms with van der Waals surface area (Å²) in [6, 6.07) is 5.75. The molecule has 0 spiro atoms. The van der Waals surface area contributed by atoms with Crippen molar-refractivity contribution in [1.82, 2.24) is 0 Å². The molecule has 1 unspecified atom stereocenters. The lowest BCUT2D eigenvalue weighted by atomic mass is 9.97. The van der Waals surface area contributed by atoms with Gasteiger partial charge in [-0.1, -0.05) is 32.0 Å². The fourth-order valence-electron chi connectivity index (χ4n) is 1.97. The van der Waals surface area contributed by atoms with E-state index < -0.39 is 18.0 Å². The molecule has 0 aliphatic rings. The summed E-state index contributed by atoms with van der Waals surface area (Å²) in [4.78, 5) is 0. The maximum atomic E-state index is 12.1. The second kappa shape index (κ2) is 6.46. The van der Waals surface area contributed by atoms with E-state index in [0.717, 1.165) is 18.4 Å². The third kappa shape index (κ3) is 4.52. The van der Waals surface area contributed by atoms with Crippen molar-refractivity contribution in [3.05, 3.63) is 34.9 Å². The number of rotatable bonds is 5. The molecular weight excluding hydrogens is 261 g/mol. The van der Waals surface area contributed by atoms with Crippen molar-refractivity contribution < 1.29 is 13.2 Å². The van der Waals surface area contributed by atoms with Crippen LogP contribution in [-0.2, 0) is 12.8 Å². The Labute approximate surface area is 111 Å². The van der Waals surface area contributed by atoms with Gasteiger partial charge in [0, 0.05) is 6.42 Å². The first-order chi connectivity index (χ1) is 8.37. The van der Waals surface area contributed by atoms with Crippen molar-refractivity contribution in [1.29, 1.82) is 0 Å². The standard InChI is InChI=1S/C14H18ClF3/c1-3-10-5-6-12(9-11(10)4-2)13(15)7-8-14(16,17)18/h5-6,9,13H,3-4,7-8H2,1-2H3. The van der Waals surface area contributed by atoms with Crippen LogP contribution in [0.1, 0.15) is 48.8 Å². The first-order valence-corrected chi connectivity index (χ1v) is 6.63. The van der Waals surface area contributed by atoms with Crippen molar-refractivity contribution in [3.63, 3.8) is 0 Å². The molecule has 102 valence electrons. The lowest BCUT2D eigenvalue weighted by Gasteiger charge is -2.14. The number of halogens is 4. The minimum absolute atomic E-state index is 0.0698. The molecule has 0 aliphatic carbocycles. The third-order valence-electron chi connectivity index (χ3n) is 3.04. The number of hydrogen-bond donors (Lipinski definition) is 0. The van der Waals surface area contributed by atoms with E-state index in [1.165, 1.54) is 11.1 Å². The van der Waals surface area contributed by atoms with Crippen molar-refractivity contribution in [2.75, 3.05) is 0 Å². The van der Waals surface area contributed by atoms with Crippen molar-refractivity contribution >= 4 is 11.6 Å². The lowest BCUT2D eigenvalue weighted by Crippen LogP contribution is -2.08. The summed E-state index contributed by atoms with van der Waals surface area (Å²) in [5.41, 5.74) is 3.20. The zero-order chi connectivity index (χ0) is 13.8. The van der Waals surface area contributed by atoms with Crippen LogP contribution in [0.4, 0.5) is 13.2 Å². The Morgan fingerprint density at radius 1 is 1.11 bits per heavy atom. The Morgan fingerprint density at radius 3 is 2.22 bits per heavy atom. The first kappa shape index (κ1) is 15.4. The van der Waals surface area contributed by atoms with E-state index >= 15 is 0 Å². The summed E-state index contributed by atoms with van der Waals surface area (Å²) in [6.07, 6.45) is -3.24. The summed E-state index contributed by atoms with van der Waals surface area (Å²) in [6.45, 7) is 4.10. The average molecular weight is 279 g/mol. The van der Waals surface area contributed by atoms with Crippen LogP contribution in [0, 0.1) is 0 Å². The monoisotopic (exact) mass is 278 g/mol. The number of aryl methyl sites for hydroxylation is 2. The minimum Gasteiger partial charge on any atom is -0.171 e. The van der Waals surface area contributed by atoms with Crippen molar-refractivity contribution in [2.24, 2.45) is 0 Å². The van der Waals surface area contributed by atoms with Crippen LogP contribution >= 0.6 is 11.6 Å². The minimum atomic E-state index is -4.13. The van der Waals surface area contributed by atoms with Crippen LogP contribution < -0.4 is 0 Å².